The van der Waals surface area contributed by atoms with Crippen molar-refractivity contribution in [3.05, 3.63) is 18.2 Å². The lowest BCUT2D eigenvalue weighted by molar-refractivity contribution is 0.0165. The number of ether oxygens (including phenoxy) is 1. The molecule has 6 heteroatoms. The summed E-state index contributed by atoms with van der Waals surface area (Å²) in [5, 5.41) is 3.58. The summed E-state index contributed by atoms with van der Waals surface area (Å²) in [6.45, 7) is 10.3. The van der Waals surface area contributed by atoms with Crippen LogP contribution in [0.1, 0.15) is 58.8 Å². The molecular weight excluding hydrogens is 292 g/mol. The van der Waals surface area contributed by atoms with Gasteiger partial charge in [-0.3, -0.25) is 0 Å². The Morgan fingerprint density at radius 3 is 2.96 bits per heavy atom. The zero-order valence-corrected chi connectivity index (χ0v) is 14.8. The molecule has 2 N–H and O–H groups in total. The maximum atomic E-state index is 12.2. The van der Waals surface area contributed by atoms with E-state index >= 15 is 0 Å². The largest absolute Gasteiger partial charge is 0.444 e. The Morgan fingerprint density at radius 2 is 2.35 bits per heavy atom. The summed E-state index contributed by atoms with van der Waals surface area (Å²) in [5.74, 6) is 1.44. The zero-order valence-electron chi connectivity index (χ0n) is 14.8. The summed E-state index contributed by atoms with van der Waals surface area (Å²) >= 11 is 0. The first kappa shape index (κ1) is 17.8. The molecule has 0 spiro atoms. The summed E-state index contributed by atoms with van der Waals surface area (Å²) in [6, 6.07) is 0.238. The Morgan fingerprint density at radius 1 is 1.57 bits per heavy atom. The lowest BCUT2D eigenvalue weighted by Crippen LogP contribution is -2.45. The minimum atomic E-state index is -0.436. The molecule has 23 heavy (non-hydrogen) atoms. The predicted octanol–water partition coefficient (Wildman–Crippen LogP) is 3.10. The number of carbonyl (C=O) groups excluding carboxylic acids is 1. The van der Waals surface area contributed by atoms with Crippen molar-refractivity contribution >= 4 is 6.09 Å². The molecule has 0 aromatic carbocycles. The molecule has 1 aliphatic rings. The van der Waals surface area contributed by atoms with Crippen LogP contribution in [-0.4, -0.2) is 46.2 Å². The molecule has 2 unspecified atom stereocenters. The highest BCUT2D eigenvalue weighted by molar-refractivity contribution is 5.68. The van der Waals surface area contributed by atoms with E-state index in [1.54, 1.807) is 6.20 Å². The number of aromatic amines is 1. The Kier molecular flexibility index (Phi) is 6.04. The number of likely N-dealkylation sites (tertiary alicyclic amines) is 1. The zero-order chi connectivity index (χ0) is 16.9. The van der Waals surface area contributed by atoms with Gasteiger partial charge in [0.1, 0.15) is 11.4 Å². The highest BCUT2D eigenvalue weighted by Crippen LogP contribution is 2.20. The molecule has 0 aliphatic carbocycles. The molecule has 1 amide bonds. The Balaban J connectivity index is 1.83. The van der Waals surface area contributed by atoms with Crippen LogP contribution in [0, 0.1) is 5.92 Å². The highest BCUT2D eigenvalue weighted by atomic mass is 16.6. The number of hydrogen-bond donors (Lipinski definition) is 2. The van der Waals surface area contributed by atoms with Crippen molar-refractivity contribution in [1.29, 1.82) is 0 Å². The predicted molar refractivity (Wildman–Crippen MR) is 90.2 cm³/mol. The van der Waals surface area contributed by atoms with Gasteiger partial charge in [0.05, 0.1) is 6.04 Å². The average Bonchev–Trinajstić information content (AvgIpc) is 3.01. The van der Waals surface area contributed by atoms with Crippen molar-refractivity contribution in [1.82, 2.24) is 20.2 Å². The lowest BCUT2D eigenvalue weighted by atomic mass is 9.98. The minimum absolute atomic E-state index is 0.194. The van der Waals surface area contributed by atoms with Gasteiger partial charge in [-0.1, -0.05) is 6.92 Å². The molecule has 1 saturated heterocycles. The van der Waals surface area contributed by atoms with Gasteiger partial charge >= 0.3 is 6.09 Å². The van der Waals surface area contributed by atoms with Gasteiger partial charge in [-0.05, 0) is 46.0 Å². The Labute approximate surface area is 139 Å². The number of hydrogen-bond acceptors (Lipinski definition) is 4. The van der Waals surface area contributed by atoms with E-state index in [1.165, 1.54) is 0 Å². The van der Waals surface area contributed by atoms with E-state index in [0.717, 1.165) is 44.7 Å². The van der Waals surface area contributed by atoms with Gasteiger partial charge < -0.3 is 19.9 Å². The number of nitrogens with zero attached hydrogens (tertiary/aromatic N) is 2. The van der Waals surface area contributed by atoms with E-state index in [2.05, 4.69) is 22.2 Å². The van der Waals surface area contributed by atoms with Gasteiger partial charge in [-0.15, -0.1) is 0 Å². The third-order valence-corrected chi connectivity index (χ3v) is 4.08. The van der Waals surface area contributed by atoms with Crippen molar-refractivity contribution in [3.8, 4) is 0 Å². The number of piperidine rings is 1. The van der Waals surface area contributed by atoms with Crippen LogP contribution >= 0.6 is 0 Å². The van der Waals surface area contributed by atoms with Crippen LogP contribution in [0.15, 0.2) is 12.4 Å². The van der Waals surface area contributed by atoms with Crippen molar-refractivity contribution in [2.75, 3.05) is 19.6 Å². The van der Waals surface area contributed by atoms with Crippen molar-refractivity contribution in [3.63, 3.8) is 0 Å². The molecule has 2 atom stereocenters. The summed E-state index contributed by atoms with van der Waals surface area (Å²) in [4.78, 5) is 21.6. The van der Waals surface area contributed by atoms with Crippen LogP contribution in [0.2, 0.25) is 0 Å². The SMILES string of the molecule is CCC(NCC1CCCN(C(=O)OC(C)(C)C)C1)c1ncc[nH]1. The van der Waals surface area contributed by atoms with E-state index in [4.69, 9.17) is 4.74 Å². The van der Waals surface area contributed by atoms with Crippen molar-refractivity contribution in [2.45, 2.75) is 58.6 Å². The van der Waals surface area contributed by atoms with Gasteiger partial charge in [0.2, 0.25) is 0 Å². The third-order valence-electron chi connectivity index (χ3n) is 4.08. The first-order valence-electron chi connectivity index (χ1n) is 8.59. The second kappa shape index (κ2) is 7.81. The maximum Gasteiger partial charge on any atom is 0.410 e. The fourth-order valence-electron chi connectivity index (χ4n) is 2.94. The van der Waals surface area contributed by atoms with Crippen LogP contribution in [0.4, 0.5) is 4.79 Å². The number of carbonyl (C=O) groups is 1. The molecule has 1 aliphatic heterocycles. The molecule has 6 nitrogen and oxygen atoms in total. The summed E-state index contributed by atoms with van der Waals surface area (Å²) in [5.41, 5.74) is -0.436. The van der Waals surface area contributed by atoms with Crippen molar-refractivity contribution in [2.24, 2.45) is 5.92 Å². The molecule has 2 heterocycles. The second-order valence-corrected chi connectivity index (χ2v) is 7.28. The molecule has 0 saturated carbocycles. The number of nitrogens with one attached hydrogen (secondary N) is 2. The maximum absolute atomic E-state index is 12.2. The smallest absolute Gasteiger partial charge is 0.410 e. The van der Waals surface area contributed by atoms with E-state index < -0.39 is 5.60 Å². The van der Waals surface area contributed by atoms with Gasteiger partial charge in [-0.2, -0.15) is 0 Å². The number of aromatic nitrogens is 2. The highest BCUT2D eigenvalue weighted by Gasteiger charge is 2.28. The van der Waals surface area contributed by atoms with Crippen LogP contribution in [0.25, 0.3) is 0 Å². The number of amides is 1. The van der Waals surface area contributed by atoms with E-state index in [-0.39, 0.29) is 12.1 Å². The van der Waals surface area contributed by atoms with Crippen LogP contribution in [0.5, 0.6) is 0 Å². The topological polar surface area (TPSA) is 70.2 Å². The van der Waals surface area contributed by atoms with E-state index in [9.17, 15) is 4.79 Å². The first-order valence-corrected chi connectivity index (χ1v) is 8.59. The fourth-order valence-corrected chi connectivity index (χ4v) is 2.94. The molecule has 130 valence electrons. The summed E-state index contributed by atoms with van der Waals surface area (Å²) in [7, 11) is 0. The van der Waals surface area contributed by atoms with E-state index in [1.807, 2.05) is 31.9 Å². The minimum Gasteiger partial charge on any atom is -0.444 e. The lowest BCUT2D eigenvalue weighted by Gasteiger charge is -2.34. The van der Waals surface area contributed by atoms with Gasteiger partial charge in [-0.25, -0.2) is 9.78 Å². The molecule has 0 radical (unpaired) electrons. The first-order chi connectivity index (χ1) is 10.9. The van der Waals surface area contributed by atoms with Gasteiger partial charge in [0.15, 0.2) is 0 Å². The standard InChI is InChI=1S/C17H30N4O2/c1-5-14(15-18-8-9-19-15)20-11-13-7-6-10-21(12-13)16(22)23-17(2,3)4/h8-9,13-14,20H,5-7,10-12H2,1-4H3,(H,18,19). The molecule has 1 aromatic heterocycles. The molecular formula is C17H30N4O2. The Bertz CT molecular complexity index is 481. The molecule has 1 fully saturated rings. The normalized spacial score (nSPS) is 20.3. The molecule has 1 aromatic rings. The van der Waals surface area contributed by atoms with Crippen LogP contribution in [0.3, 0.4) is 0 Å². The summed E-state index contributed by atoms with van der Waals surface area (Å²) in [6.07, 6.45) is 6.59. The quantitative estimate of drug-likeness (QED) is 0.874. The summed E-state index contributed by atoms with van der Waals surface area (Å²) < 4.78 is 5.48. The third kappa shape index (κ3) is 5.53. The van der Waals surface area contributed by atoms with Crippen LogP contribution < -0.4 is 5.32 Å². The fraction of sp³-hybridized carbons (Fsp3) is 0.765. The average molecular weight is 322 g/mol. The van der Waals surface area contributed by atoms with Gasteiger partial charge in [0, 0.05) is 32.0 Å². The second-order valence-electron chi connectivity index (χ2n) is 7.28. The number of imidazole rings is 1. The monoisotopic (exact) mass is 322 g/mol. The molecule has 0 bridgehead atoms. The Hall–Kier alpha value is -1.56. The number of rotatable bonds is 5. The van der Waals surface area contributed by atoms with E-state index in [0.29, 0.717) is 5.92 Å². The number of H-pyrrole nitrogens is 1. The van der Waals surface area contributed by atoms with Gasteiger partial charge in [0.25, 0.3) is 0 Å². The van der Waals surface area contributed by atoms with Crippen LogP contribution in [-0.2, 0) is 4.74 Å². The molecule has 2 rings (SSSR count). The van der Waals surface area contributed by atoms with Crippen molar-refractivity contribution < 1.29 is 9.53 Å².